The van der Waals surface area contributed by atoms with E-state index in [9.17, 15) is 0 Å². The van der Waals surface area contributed by atoms with Gasteiger partial charge in [0.25, 0.3) is 0 Å². The topological polar surface area (TPSA) is 30.9 Å². The normalized spacial score (nSPS) is 27.2. The van der Waals surface area contributed by atoms with Crippen LogP contribution < -0.4 is 0 Å². The minimum atomic E-state index is 0.420. The molecule has 1 saturated heterocycles. The van der Waals surface area contributed by atoms with Crippen molar-refractivity contribution in [1.29, 1.82) is 0 Å². The van der Waals surface area contributed by atoms with Crippen LogP contribution in [0.4, 0.5) is 0 Å². The minimum Gasteiger partial charge on any atom is -0.493 e. The summed E-state index contributed by atoms with van der Waals surface area (Å²) in [6.45, 7) is 8.12. The van der Waals surface area contributed by atoms with Gasteiger partial charge in [-0.25, -0.2) is 0 Å². The minimum absolute atomic E-state index is 0.420. The maximum absolute atomic E-state index is 6.43. The van der Waals surface area contributed by atoms with E-state index in [0.717, 1.165) is 36.5 Å². The highest BCUT2D eigenvalue weighted by Crippen LogP contribution is 2.30. The molecular weight excluding hydrogens is 338 g/mol. The zero-order chi connectivity index (χ0) is 19.1. The van der Waals surface area contributed by atoms with Crippen LogP contribution in [-0.4, -0.2) is 50.5 Å². The van der Waals surface area contributed by atoms with Crippen LogP contribution in [0.25, 0.3) is 0 Å². The molecular formula is C23H37NO3. The van der Waals surface area contributed by atoms with E-state index >= 15 is 0 Å². The van der Waals surface area contributed by atoms with Crippen LogP contribution in [0.1, 0.15) is 65.2 Å². The summed E-state index contributed by atoms with van der Waals surface area (Å²) < 4.78 is 17.8. The number of rotatable bonds is 8. The van der Waals surface area contributed by atoms with Crippen LogP contribution in [0.15, 0.2) is 34.8 Å². The molecule has 0 spiro atoms. The van der Waals surface area contributed by atoms with E-state index in [1.165, 1.54) is 57.2 Å². The average Bonchev–Trinajstić information content (AvgIpc) is 3.16. The van der Waals surface area contributed by atoms with Gasteiger partial charge in [-0.05, 0) is 77.1 Å². The summed E-state index contributed by atoms with van der Waals surface area (Å²) in [6, 6.07) is 0.649. The van der Waals surface area contributed by atoms with E-state index in [0.29, 0.717) is 18.8 Å². The standard InChI is InChI=1S/C23H37NO3/c1-4-26-22-12-11-19(17-18(2)23(22)25-3)13-16-27-21-10-6-5-9-20(21)24-14-7-8-15-24/h12,17,20-21H,4-11,13-16H2,1-3H3/t20-,21?/m1/s1. The fourth-order valence-corrected chi connectivity index (χ4v) is 4.76. The Morgan fingerprint density at radius 1 is 1.11 bits per heavy atom. The molecule has 0 N–H and O–H groups in total. The first-order chi connectivity index (χ1) is 13.2. The number of ether oxygens (including phenoxy) is 3. The maximum Gasteiger partial charge on any atom is 0.163 e. The Balaban J connectivity index is 1.55. The summed E-state index contributed by atoms with van der Waals surface area (Å²) >= 11 is 0. The van der Waals surface area contributed by atoms with Gasteiger partial charge in [0, 0.05) is 6.04 Å². The zero-order valence-electron chi connectivity index (χ0n) is 17.5. The third-order valence-electron chi connectivity index (χ3n) is 6.09. The second-order valence-corrected chi connectivity index (χ2v) is 7.98. The van der Waals surface area contributed by atoms with Crippen LogP contribution in [0.2, 0.25) is 0 Å². The molecule has 0 amide bonds. The molecule has 1 unspecified atom stereocenters. The molecule has 1 heterocycles. The van der Waals surface area contributed by atoms with Gasteiger partial charge in [-0.15, -0.1) is 0 Å². The lowest BCUT2D eigenvalue weighted by atomic mass is 9.91. The van der Waals surface area contributed by atoms with Gasteiger partial charge in [0.05, 0.1) is 26.4 Å². The van der Waals surface area contributed by atoms with Gasteiger partial charge in [-0.2, -0.15) is 0 Å². The van der Waals surface area contributed by atoms with Gasteiger partial charge in [0.1, 0.15) is 0 Å². The van der Waals surface area contributed by atoms with Crippen molar-refractivity contribution >= 4 is 0 Å². The summed E-state index contributed by atoms with van der Waals surface area (Å²) in [7, 11) is 1.72. The van der Waals surface area contributed by atoms with Gasteiger partial charge in [0.2, 0.25) is 0 Å². The van der Waals surface area contributed by atoms with Crippen molar-refractivity contribution in [2.75, 3.05) is 33.4 Å². The molecule has 0 aromatic rings. The van der Waals surface area contributed by atoms with E-state index < -0.39 is 0 Å². The van der Waals surface area contributed by atoms with E-state index in [-0.39, 0.29) is 0 Å². The number of hydrogen-bond acceptors (Lipinski definition) is 4. The van der Waals surface area contributed by atoms with Crippen molar-refractivity contribution in [3.05, 3.63) is 34.8 Å². The summed E-state index contributed by atoms with van der Waals surface area (Å²) in [5.74, 6) is 1.72. The predicted molar refractivity (Wildman–Crippen MR) is 110 cm³/mol. The maximum atomic E-state index is 6.43. The van der Waals surface area contributed by atoms with Crippen LogP contribution in [-0.2, 0) is 14.2 Å². The van der Waals surface area contributed by atoms with E-state index in [1.807, 2.05) is 6.92 Å². The molecule has 0 aromatic heterocycles. The van der Waals surface area contributed by atoms with E-state index in [2.05, 4.69) is 24.0 Å². The summed E-state index contributed by atoms with van der Waals surface area (Å²) in [5, 5.41) is 0. The number of likely N-dealkylation sites (tertiary alicyclic amines) is 1. The average molecular weight is 376 g/mol. The number of methoxy groups -OCH3 is 1. The van der Waals surface area contributed by atoms with Crippen LogP contribution in [0.3, 0.4) is 0 Å². The molecule has 152 valence electrons. The summed E-state index contributed by atoms with van der Waals surface area (Å²) in [4.78, 5) is 2.68. The smallest absolute Gasteiger partial charge is 0.163 e. The van der Waals surface area contributed by atoms with E-state index in [1.54, 1.807) is 7.11 Å². The number of hydrogen-bond donors (Lipinski definition) is 0. The third kappa shape index (κ3) is 5.39. The highest BCUT2D eigenvalue weighted by atomic mass is 16.5. The van der Waals surface area contributed by atoms with Gasteiger partial charge in [0.15, 0.2) is 11.5 Å². The molecule has 3 rings (SSSR count). The molecule has 0 radical (unpaired) electrons. The number of allylic oxidation sites excluding steroid dienone is 3. The lowest BCUT2D eigenvalue weighted by Crippen LogP contribution is -2.45. The Morgan fingerprint density at radius 2 is 1.89 bits per heavy atom. The molecule has 4 heteroatoms. The first kappa shape index (κ1) is 20.5. The Kier molecular flexibility index (Phi) is 7.83. The first-order valence-corrected chi connectivity index (χ1v) is 10.9. The van der Waals surface area contributed by atoms with Gasteiger partial charge in [-0.1, -0.05) is 24.5 Å². The third-order valence-corrected chi connectivity index (χ3v) is 6.09. The van der Waals surface area contributed by atoms with Crippen LogP contribution in [0.5, 0.6) is 0 Å². The van der Waals surface area contributed by atoms with Crippen molar-refractivity contribution in [1.82, 2.24) is 4.90 Å². The van der Waals surface area contributed by atoms with Crippen LogP contribution >= 0.6 is 0 Å². The molecule has 0 aromatic carbocycles. The summed E-state index contributed by atoms with van der Waals surface area (Å²) in [5.41, 5.74) is 2.53. The Morgan fingerprint density at radius 3 is 2.63 bits per heavy atom. The van der Waals surface area contributed by atoms with Gasteiger partial charge < -0.3 is 14.2 Å². The monoisotopic (exact) mass is 375 g/mol. The lowest BCUT2D eigenvalue weighted by Gasteiger charge is -2.37. The van der Waals surface area contributed by atoms with E-state index in [4.69, 9.17) is 14.2 Å². The Bertz CT molecular complexity index is 572. The van der Waals surface area contributed by atoms with Gasteiger partial charge in [-0.3, -0.25) is 4.90 Å². The van der Waals surface area contributed by atoms with Crippen LogP contribution in [0, 0.1) is 0 Å². The lowest BCUT2D eigenvalue weighted by molar-refractivity contribution is -0.0290. The van der Waals surface area contributed by atoms with Gasteiger partial charge >= 0.3 is 0 Å². The SMILES string of the molecule is CCOC1=CCC(CCOC2CCCC[C@H]2N2CCCC2)=CC(C)=C1OC. The molecule has 2 atom stereocenters. The molecule has 2 fully saturated rings. The molecule has 3 aliphatic rings. The second-order valence-electron chi connectivity index (χ2n) is 7.98. The fraction of sp³-hybridized carbons (Fsp3) is 0.739. The molecule has 27 heavy (non-hydrogen) atoms. The molecule has 4 nitrogen and oxygen atoms in total. The summed E-state index contributed by atoms with van der Waals surface area (Å²) in [6.07, 6.45) is 14.6. The molecule has 1 saturated carbocycles. The molecule has 2 aliphatic carbocycles. The van der Waals surface area contributed by atoms with Crippen molar-refractivity contribution in [3.8, 4) is 0 Å². The fourth-order valence-electron chi connectivity index (χ4n) is 4.76. The number of nitrogens with zero attached hydrogens (tertiary/aromatic N) is 1. The Labute approximate surface area is 165 Å². The second kappa shape index (κ2) is 10.3. The van der Waals surface area contributed by atoms with Crippen molar-refractivity contribution in [2.45, 2.75) is 77.4 Å². The predicted octanol–water partition coefficient (Wildman–Crippen LogP) is 4.97. The first-order valence-electron chi connectivity index (χ1n) is 10.9. The molecule has 0 bridgehead atoms. The van der Waals surface area contributed by atoms with Crippen molar-refractivity contribution < 1.29 is 14.2 Å². The highest BCUT2D eigenvalue weighted by Gasteiger charge is 2.32. The highest BCUT2D eigenvalue weighted by molar-refractivity contribution is 5.38. The largest absolute Gasteiger partial charge is 0.493 e. The Hall–Kier alpha value is -1.26. The van der Waals surface area contributed by atoms with Crippen molar-refractivity contribution in [2.24, 2.45) is 0 Å². The molecule has 1 aliphatic heterocycles. The quantitative estimate of drug-likeness (QED) is 0.599. The zero-order valence-corrected chi connectivity index (χ0v) is 17.5. The van der Waals surface area contributed by atoms with Crippen molar-refractivity contribution in [3.63, 3.8) is 0 Å².